The number of ether oxygens (including phenoxy) is 1. The molecular formula is C19H23N3O3. The minimum atomic E-state index is -0.277. The highest BCUT2D eigenvalue weighted by Crippen LogP contribution is 2.17. The molecule has 0 radical (unpaired) electrons. The van der Waals surface area contributed by atoms with Crippen LogP contribution in [-0.4, -0.2) is 22.9 Å². The molecule has 6 heteroatoms. The average Bonchev–Trinajstić information content (AvgIpc) is 2.55. The molecule has 2 rings (SSSR count). The summed E-state index contributed by atoms with van der Waals surface area (Å²) in [5.74, 6) is 0.156. The van der Waals surface area contributed by atoms with Gasteiger partial charge in [0.1, 0.15) is 0 Å². The molecule has 0 aliphatic carbocycles. The summed E-state index contributed by atoms with van der Waals surface area (Å²) in [5.41, 5.74) is 1.67. The fourth-order valence-corrected chi connectivity index (χ4v) is 2.15. The molecule has 0 saturated heterocycles. The Labute approximate surface area is 147 Å². The van der Waals surface area contributed by atoms with Gasteiger partial charge in [-0.15, -0.1) is 0 Å². The Morgan fingerprint density at radius 1 is 1.12 bits per heavy atom. The summed E-state index contributed by atoms with van der Waals surface area (Å²) < 4.78 is 5.46. The molecule has 1 aromatic carbocycles. The molecule has 0 atom stereocenters. The smallest absolute Gasteiger partial charge is 0.257 e. The molecule has 0 saturated carbocycles. The molecule has 0 spiro atoms. The monoisotopic (exact) mass is 341 g/mol. The van der Waals surface area contributed by atoms with E-state index in [1.807, 2.05) is 20.8 Å². The maximum Gasteiger partial charge on any atom is 0.257 e. The zero-order valence-corrected chi connectivity index (χ0v) is 14.7. The highest BCUT2D eigenvalue weighted by Gasteiger charge is 2.09. The molecule has 1 heterocycles. The first-order valence-electron chi connectivity index (χ1n) is 8.32. The molecule has 2 N–H and O–H groups in total. The van der Waals surface area contributed by atoms with Gasteiger partial charge in [-0.25, -0.2) is 4.98 Å². The van der Waals surface area contributed by atoms with Crippen molar-refractivity contribution in [2.24, 2.45) is 0 Å². The topological polar surface area (TPSA) is 80.3 Å². The highest BCUT2D eigenvalue weighted by molar-refractivity contribution is 6.04. The van der Waals surface area contributed by atoms with Gasteiger partial charge in [-0.1, -0.05) is 13.0 Å². The fourth-order valence-electron chi connectivity index (χ4n) is 2.15. The molecule has 0 aliphatic heterocycles. The van der Waals surface area contributed by atoms with Crippen molar-refractivity contribution >= 4 is 23.2 Å². The van der Waals surface area contributed by atoms with Crippen LogP contribution in [0.4, 0.5) is 11.4 Å². The van der Waals surface area contributed by atoms with Gasteiger partial charge >= 0.3 is 0 Å². The van der Waals surface area contributed by atoms with E-state index in [1.165, 1.54) is 6.20 Å². The third kappa shape index (κ3) is 5.91. The van der Waals surface area contributed by atoms with Crippen molar-refractivity contribution in [2.75, 3.05) is 10.6 Å². The quantitative estimate of drug-likeness (QED) is 0.801. The number of hydrogen-bond acceptors (Lipinski definition) is 4. The maximum atomic E-state index is 12.3. The Bertz CT molecular complexity index is 727. The number of amides is 2. The predicted molar refractivity (Wildman–Crippen MR) is 97.9 cm³/mol. The van der Waals surface area contributed by atoms with Crippen molar-refractivity contribution in [1.82, 2.24) is 4.98 Å². The third-order valence-electron chi connectivity index (χ3n) is 3.24. The Hall–Kier alpha value is -2.89. The first-order chi connectivity index (χ1) is 12.0. The number of aromatic nitrogens is 1. The van der Waals surface area contributed by atoms with Gasteiger partial charge in [0.05, 0.1) is 11.7 Å². The van der Waals surface area contributed by atoms with E-state index in [1.54, 1.807) is 36.4 Å². The van der Waals surface area contributed by atoms with Gasteiger partial charge in [0.15, 0.2) is 0 Å². The van der Waals surface area contributed by atoms with Crippen LogP contribution in [0.1, 0.15) is 44.0 Å². The van der Waals surface area contributed by atoms with Gasteiger partial charge in [-0.05, 0) is 44.5 Å². The van der Waals surface area contributed by atoms with E-state index in [-0.39, 0.29) is 17.9 Å². The fraction of sp³-hybridized carbons (Fsp3) is 0.316. The summed E-state index contributed by atoms with van der Waals surface area (Å²) >= 11 is 0. The molecule has 0 fully saturated rings. The number of carbonyl (C=O) groups excluding carboxylic acids is 2. The lowest BCUT2D eigenvalue weighted by Gasteiger charge is -2.10. The summed E-state index contributed by atoms with van der Waals surface area (Å²) in [4.78, 5) is 28.1. The lowest BCUT2D eigenvalue weighted by atomic mass is 10.2. The average molecular weight is 341 g/mol. The molecule has 132 valence electrons. The van der Waals surface area contributed by atoms with Crippen LogP contribution < -0.4 is 15.4 Å². The Morgan fingerprint density at radius 2 is 1.84 bits per heavy atom. The van der Waals surface area contributed by atoms with Gasteiger partial charge < -0.3 is 15.4 Å². The van der Waals surface area contributed by atoms with Crippen LogP contribution in [0.25, 0.3) is 0 Å². The van der Waals surface area contributed by atoms with Crippen LogP contribution in [0.5, 0.6) is 5.88 Å². The minimum Gasteiger partial charge on any atom is -0.475 e. The van der Waals surface area contributed by atoms with Gasteiger partial charge in [0.25, 0.3) is 5.91 Å². The number of carbonyl (C=O) groups is 2. The third-order valence-corrected chi connectivity index (χ3v) is 3.24. The number of benzene rings is 1. The van der Waals surface area contributed by atoms with Crippen LogP contribution in [0.3, 0.4) is 0 Å². The zero-order chi connectivity index (χ0) is 18.2. The van der Waals surface area contributed by atoms with Crippen LogP contribution in [-0.2, 0) is 4.79 Å². The summed E-state index contributed by atoms with van der Waals surface area (Å²) in [6.45, 7) is 5.77. The number of pyridine rings is 1. The van der Waals surface area contributed by atoms with E-state index in [0.717, 1.165) is 6.42 Å². The van der Waals surface area contributed by atoms with Gasteiger partial charge in [0, 0.05) is 30.1 Å². The van der Waals surface area contributed by atoms with Crippen molar-refractivity contribution < 1.29 is 14.3 Å². The van der Waals surface area contributed by atoms with E-state index < -0.39 is 0 Å². The van der Waals surface area contributed by atoms with Gasteiger partial charge in [-0.3, -0.25) is 9.59 Å². The molecule has 0 aliphatic rings. The summed E-state index contributed by atoms with van der Waals surface area (Å²) in [6.07, 6.45) is 2.75. The first-order valence-corrected chi connectivity index (χ1v) is 8.32. The molecule has 1 aromatic heterocycles. The SMILES string of the molecule is CCCC(=O)Nc1cccc(NC(=O)c2ccc(OC(C)C)nc2)c1. The summed E-state index contributed by atoms with van der Waals surface area (Å²) in [6, 6.07) is 10.4. The van der Waals surface area contributed by atoms with Crippen LogP contribution >= 0.6 is 0 Å². The molecule has 6 nitrogen and oxygen atoms in total. The molecular weight excluding hydrogens is 318 g/mol. The Morgan fingerprint density at radius 3 is 2.44 bits per heavy atom. The van der Waals surface area contributed by atoms with E-state index in [4.69, 9.17) is 4.74 Å². The lowest BCUT2D eigenvalue weighted by molar-refractivity contribution is -0.116. The van der Waals surface area contributed by atoms with Gasteiger partial charge in [0.2, 0.25) is 11.8 Å². The summed E-state index contributed by atoms with van der Waals surface area (Å²) in [7, 11) is 0. The van der Waals surface area contributed by atoms with E-state index in [0.29, 0.717) is 29.2 Å². The van der Waals surface area contributed by atoms with Crippen molar-refractivity contribution in [3.05, 3.63) is 48.2 Å². The number of nitrogens with zero attached hydrogens (tertiary/aromatic N) is 1. The molecule has 25 heavy (non-hydrogen) atoms. The molecule has 2 amide bonds. The Balaban J connectivity index is 2.01. The highest BCUT2D eigenvalue weighted by atomic mass is 16.5. The van der Waals surface area contributed by atoms with Crippen LogP contribution in [0.15, 0.2) is 42.6 Å². The first kappa shape index (κ1) is 18.4. The number of hydrogen-bond donors (Lipinski definition) is 2. The van der Waals surface area contributed by atoms with Gasteiger partial charge in [-0.2, -0.15) is 0 Å². The second-order valence-electron chi connectivity index (χ2n) is 5.88. The zero-order valence-electron chi connectivity index (χ0n) is 14.7. The molecule has 2 aromatic rings. The second kappa shape index (κ2) is 8.82. The van der Waals surface area contributed by atoms with E-state index in [9.17, 15) is 9.59 Å². The standard InChI is InChI=1S/C19H23N3O3/c1-4-6-17(23)21-15-7-5-8-16(11-15)22-19(24)14-9-10-18(20-12-14)25-13(2)3/h5,7-13H,4,6H2,1-3H3,(H,21,23)(H,22,24). The largest absolute Gasteiger partial charge is 0.475 e. The second-order valence-corrected chi connectivity index (χ2v) is 5.88. The normalized spacial score (nSPS) is 10.4. The van der Waals surface area contributed by atoms with Crippen LogP contribution in [0.2, 0.25) is 0 Å². The molecule has 0 unspecified atom stereocenters. The minimum absolute atomic E-state index is 0.0258. The lowest BCUT2D eigenvalue weighted by Crippen LogP contribution is -2.14. The van der Waals surface area contributed by atoms with Crippen molar-refractivity contribution in [2.45, 2.75) is 39.7 Å². The predicted octanol–water partition coefficient (Wildman–Crippen LogP) is 3.86. The van der Waals surface area contributed by atoms with Crippen molar-refractivity contribution in [3.8, 4) is 5.88 Å². The van der Waals surface area contributed by atoms with E-state index in [2.05, 4.69) is 15.6 Å². The van der Waals surface area contributed by atoms with E-state index >= 15 is 0 Å². The van der Waals surface area contributed by atoms with Crippen molar-refractivity contribution in [3.63, 3.8) is 0 Å². The summed E-state index contributed by atoms with van der Waals surface area (Å²) in [5, 5.41) is 5.60. The maximum absolute atomic E-state index is 12.3. The van der Waals surface area contributed by atoms with Crippen molar-refractivity contribution in [1.29, 1.82) is 0 Å². The number of anilines is 2. The Kier molecular flexibility index (Phi) is 6.51. The molecule has 0 bridgehead atoms. The number of rotatable bonds is 7. The van der Waals surface area contributed by atoms with Crippen LogP contribution in [0, 0.1) is 0 Å². The number of nitrogens with one attached hydrogen (secondary N) is 2.